The van der Waals surface area contributed by atoms with Gasteiger partial charge >= 0.3 is 0 Å². The molecule has 0 bridgehead atoms. The predicted molar refractivity (Wildman–Crippen MR) is 49.1 cm³/mol. The van der Waals surface area contributed by atoms with E-state index in [1.807, 2.05) is 0 Å². The van der Waals surface area contributed by atoms with Gasteiger partial charge in [0.25, 0.3) is 0 Å². The van der Waals surface area contributed by atoms with Gasteiger partial charge in [0.1, 0.15) is 0 Å². The molecule has 2 heteroatoms. The molecule has 0 aromatic rings. The second-order valence-electron chi connectivity index (χ2n) is 4.19. The van der Waals surface area contributed by atoms with E-state index >= 15 is 0 Å². The van der Waals surface area contributed by atoms with E-state index in [1.165, 1.54) is 25.8 Å². The molecule has 0 amide bonds. The van der Waals surface area contributed by atoms with E-state index in [2.05, 4.69) is 12.2 Å². The summed E-state index contributed by atoms with van der Waals surface area (Å²) in [4.78, 5) is 0. The van der Waals surface area contributed by atoms with Crippen molar-refractivity contribution in [3.05, 3.63) is 0 Å². The van der Waals surface area contributed by atoms with E-state index in [1.54, 1.807) is 0 Å². The first-order chi connectivity index (χ1) is 5.88. The van der Waals surface area contributed by atoms with Crippen molar-refractivity contribution in [3.8, 4) is 0 Å². The molecule has 2 aliphatic rings. The highest BCUT2D eigenvalue weighted by molar-refractivity contribution is 4.84. The van der Waals surface area contributed by atoms with Gasteiger partial charge in [-0.2, -0.15) is 0 Å². The van der Waals surface area contributed by atoms with Gasteiger partial charge in [0.05, 0.1) is 0 Å². The number of nitrogens with one attached hydrogen (secondary N) is 1. The van der Waals surface area contributed by atoms with Crippen molar-refractivity contribution < 1.29 is 4.74 Å². The second-order valence-corrected chi connectivity index (χ2v) is 4.19. The van der Waals surface area contributed by atoms with Gasteiger partial charge in [-0.1, -0.05) is 6.92 Å². The van der Waals surface area contributed by atoms with Crippen LogP contribution in [0, 0.1) is 11.8 Å². The molecular formula is C10H19NO. The van der Waals surface area contributed by atoms with Gasteiger partial charge in [0.2, 0.25) is 0 Å². The van der Waals surface area contributed by atoms with Crippen LogP contribution in [0.25, 0.3) is 0 Å². The van der Waals surface area contributed by atoms with Gasteiger partial charge < -0.3 is 10.1 Å². The van der Waals surface area contributed by atoms with Crippen molar-refractivity contribution in [2.75, 3.05) is 19.8 Å². The van der Waals surface area contributed by atoms with Crippen LogP contribution in [-0.4, -0.2) is 25.8 Å². The van der Waals surface area contributed by atoms with Crippen molar-refractivity contribution in [2.45, 2.75) is 32.2 Å². The molecule has 2 fully saturated rings. The van der Waals surface area contributed by atoms with Crippen molar-refractivity contribution in [1.82, 2.24) is 5.32 Å². The van der Waals surface area contributed by atoms with Gasteiger partial charge in [0.15, 0.2) is 0 Å². The van der Waals surface area contributed by atoms with Gasteiger partial charge in [-0.3, -0.25) is 0 Å². The molecule has 0 aliphatic carbocycles. The normalized spacial score (nSPS) is 38.8. The lowest BCUT2D eigenvalue weighted by atomic mass is 9.86. The number of hydrogen-bond donors (Lipinski definition) is 1. The highest BCUT2D eigenvalue weighted by Gasteiger charge is 2.29. The van der Waals surface area contributed by atoms with Crippen LogP contribution in [0.1, 0.15) is 26.2 Å². The monoisotopic (exact) mass is 169 g/mol. The first kappa shape index (κ1) is 8.52. The van der Waals surface area contributed by atoms with Crippen LogP contribution in [0.4, 0.5) is 0 Å². The molecule has 1 N–H and O–H groups in total. The predicted octanol–water partition coefficient (Wildman–Crippen LogP) is 1.41. The van der Waals surface area contributed by atoms with Gasteiger partial charge in [0, 0.05) is 19.3 Å². The van der Waals surface area contributed by atoms with Crippen LogP contribution in [-0.2, 0) is 4.74 Å². The average Bonchev–Trinajstić information content (AvgIpc) is 2.77. The summed E-state index contributed by atoms with van der Waals surface area (Å²) in [6.07, 6.45) is 4.01. The van der Waals surface area contributed by atoms with Crippen molar-refractivity contribution in [1.29, 1.82) is 0 Å². The molecule has 2 nitrogen and oxygen atoms in total. The first-order valence-electron chi connectivity index (χ1n) is 5.19. The third-order valence-electron chi connectivity index (χ3n) is 3.44. The molecule has 0 radical (unpaired) electrons. The topological polar surface area (TPSA) is 21.3 Å². The SMILES string of the molecule is CC(C1CCOC1)C1CCCN1. The Morgan fingerprint density at radius 1 is 1.42 bits per heavy atom. The summed E-state index contributed by atoms with van der Waals surface area (Å²) in [5.41, 5.74) is 0. The molecule has 0 saturated carbocycles. The molecule has 0 aromatic carbocycles. The summed E-state index contributed by atoms with van der Waals surface area (Å²) in [6, 6.07) is 0.775. The third kappa shape index (κ3) is 1.64. The fourth-order valence-corrected chi connectivity index (χ4v) is 2.46. The van der Waals surface area contributed by atoms with Gasteiger partial charge in [-0.25, -0.2) is 0 Å². The Morgan fingerprint density at radius 3 is 2.92 bits per heavy atom. The minimum atomic E-state index is 0.775. The molecule has 70 valence electrons. The maximum Gasteiger partial charge on any atom is 0.0498 e. The van der Waals surface area contributed by atoms with E-state index in [0.717, 1.165) is 31.1 Å². The number of rotatable bonds is 2. The van der Waals surface area contributed by atoms with Gasteiger partial charge in [-0.05, 0) is 37.6 Å². The standard InChI is InChI=1S/C10H19NO/c1-8(9-4-6-12-7-9)10-3-2-5-11-10/h8-11H,2-7H2,1H3. The Labute approximate surface area is 74.7 Å². The third-order valence-corrected chi connectivity index (χ3v) is 3.44. The molecule has 12 heavy (non-hydrogen) atoms. The zero-order chi connectivity index (χ0) is 8.39. The number of ether oxygens (including phenoxy) is 1. The molecule has 2 saturated heterocycles. The van der Waals surface area contributed by atoms with E-state index < -0.39 is 0 Å². The van der Waals surface area contributed by atoms with Crippen molar-refractivity contribution in [2.24, 2.45) is 11.8 Å². The smallest absolute Gasteiger partial charge is 0.0498 e. The Morgan fingerprint density at radius 2 is 2.33 bits per heavy atom. The Bertz CT molecular complexity index is 121. The summed E-state index contributed by atoms with van der Waals surface area (Å²) < 4.78 is 5.41. The first-order valence-corrected chi connectivity index (χ1v) is 5.19. The molecule has 2 rings (SSSR count). The van der Waals surface area contributed by atoms with E-state index in [9.17, 15) is 0 Å². The van der Waals surface area contributed by atoms with Crippen LogP contribution in [0.5, 0.6) is 0 Å². The minimum absolute atomic E-state index is 0.775. The highest BCUT2D eigenvalue weighted by atomic mass is 16.5. The van der Waals surface area contributed by atoms with Crippen LogP contribution < -0.4 is 5.32 Å². The Hall–Kier alpha value is -0.0800. The van der Waals surface area contributed by atoms with Crippen molar-refractivity contribution >= 4 is 0 Å². The Balaban J connectivity index is 1.84. The molecule has 2 heterocycles. The van der Waals surface area contributed by atoms with Crippen molar-refractivity contribution in [3.63, 3.8) is 0 Å². The lowest BCUT2D eigenvalue weighted by Crippen LogP contribution is -2.33. The van der Waals surface area contributed by atoms with Crippen LogP contribution in [0.15, 0.2) is 0 Å². The molecule has 3 unspecified atom stereocenters. The largest absolute Gasteiger partial charge is 0.381 e. The molecule has 0 aromatic heterocycles. The van der Waals surface area contributed by atoms with Crippen LogP contribution >= 0.6 is 0 Å². The molecule has 3 atom stereocenters. The number of hydrogen-bond acceptors (Lipinski definition) is 2. The summed E-state index contributed by atoms with van der Waals surface area (Å²) in [7, 11) is 0. The maximum atomic E-state index is 5.41. The molecule has 2 aliphatic heterocycles. The van der Waals surface area contributed by atoms with Crippen LogP contribution in [0.3, 0.4) is 0 Å². The summed E-state index contributed by atoms with van der Waals surface area (Å²) in [5, 5.41) is 3.58. The Kier molecular flexibility index (Phi) is 2.66. The minimum Gasteiger partial charge on any atom is -0.381 e. The van der Waals surface area contributed by atoms with Crippen LogP contribution in [0.2, 0.25) is 0 Å². The second kappa shape index (κ2) is 3.75. The zero-order valence-corrected chi connectivity index (χ0v) is 7.88. The van der Waals surface area contributed by atoms with E-state index in [0.29, 0.717) is 0 Å². The summed E-state index contributed by atoms with van der Waals surface area (Å²) in [5.74, 6) is 1.63. The van der Waals surface area contributed by atoms with Gasteiger partial charge in [-0.15, -0.1) is 0 Å². The fraction of sp³-hybridized carbons (Fsp3) is 1.00. The summed E-state index contributed by atoms with van der Waals surface area (Å²) in [6.45, 7) is 5.59. The quantitative estimate of drug-likeness (QED) is 0.675. The van der Waals surface area contributed by atoms with E-state index in [4.69, 9.17) is 4.74 Å². The molecule has 0 spiro atoms. The zero-order valence-electron chi connectivity index (χ0n) is 7.88. The molecular weight excluding hydrogens is 150 g/mol. The fourth-order valence-electron chi connectivity index (χ4n) is 2.46. The van der Waals surface area contributed by atoms with E-state index in [-0.39, 0.29) is 0 Å². The summed E-state index contributed by atoms with van der Waals surface area (Å²) >= 11 is 0. The lowest BCUT2D eigenvalue weighted by molar-refractivity contribution is 0.167. The maximum absolute atomic E-state index is 5.41. The average molecular weight is 169 g/mol. The highest BCUT2D eigenvalue weighted by Crippen LogP contribution is 2.27. The lowest BCUT2D eigenvalue weighted by Gasteiger charge is -2.24.